The van der Waals surface area contributed by atoms with Gasteiger partial charge in [-0.25, -0.2) is 4.98 Å². The van der Waals surface area contributed by atoms with Crippen molar-refractivity contribution in [3.8, 4) is 0 Å². The van der Waals surface area contributed by atoms with Crippen molar-refractivity contribution in [2.24, 2.45) is 7.05 Å². The molecule has 0 atom stereocenters. The molecular weight excluding hydrogens is 254 g/mol. The first-order chi connectivity index (χ1) is 9.46. The predicted octanol–water partition coefficient (Wildman–Crippen LogP) is 2.70. The Labute approximate surface area is 120 Å². The molecule has 0 amide bonds. The molecule has 0 spiro atoms. The summed E-state index contributed by atoms with van der Waals surface area (Å²) in [4.78, 5) is 16.8. The van der Waals surface area contributed by atoms with Gasteiger partial charge in [0.05, 0.1) is 6.61 Å². The molecule has 1 aromatic heterocycles. The van der Waals surface area contributed by atoms with Crippen LogP contribution in [0.15, 0.2) is 0 Å². The summed E-state index contributed by atoms with van der Waals surface area (Å²) in [6.07, 6.45) is 6.12. The lowest BCUT2D eigenvalue weighted by atomic mass is 9.88. The van der Waals surface area contributed by atoms with Crippen LogP contribution in [0.2, 0.25) is 0 Å². The van der Waals surface area contributed by atoms with Crippen LogP contribution in [0.3, 0.4) is 0 Å². The number of rotatable bonds is 4. The molecule has 0 saturated heterocycles. The number of aryl methyl sites for hydroxylation is 1. The van der Waals surface area contributed by atoms with Gasteiger partial charge in [-0.15, -0.1) is 0 Å². The van der Waals surface area contributed by atoms with Crippen molar-refractivity contribution in [1.82, 2.24) is 14.8 Å². The van der Waals surface area contributed by atoms with E-state index in [2.05, 4.69) is 10.1 Å². The van der Waals surface area contributed by atoms with Gasteiger partial charge in [-0.2, -0.15) is 5.10 Å². The summed E-state index contributed by atoms with van der Waals surface area (Å²) in [5.41, 5.74) is -0.759. The van der Waals surface area contributed by atoms with Gasteiger partial charge in [0.2, 0.25) is 0 Å². The second-order valence-corrected chi connectivity index (χ2v) is 6.10. The van der Waals surface area contributed by atoms with Crippen LogP contribution in [-0.4, -0.2) is 27.3 Å². The highest BCUT2D eigenvalue weighted by atomic mass is 16.5. The van der Waals surface area contributed by atoms with E-state index in [-0.39, 0.29) is 5.97 Å². The molecule has 0 unspecified atom stereocenters. The van der Waals surface area contributed by atoms with Crippen LogP contribution in [-0.2, 0) is 22.0 Å². The minimum atomic E-state index is -0.759. The molecule has 2 rings (SSSR count). The summed E-state index contributed by atoms with van der Waals surface area (Å²) in [5, 5.41) is 4.54. The molecule has 1 aromatic rings. The van der Waals surface area contributed by atoms with Gasteiger partial charge < -0.3 is 4.74 Å². The fourth-order valence-corrected chi connectivity index (χ4v) is 2.89. The summed E-state index contributed by atoms with van der Waals surface area (Å²) in [5.74, 6) is 1.78. The number of aromatic nitrogens is 3. The van der Waals surface area contributed by atoms with Crippen molar-refractivity contribution in [2.75, 3.05) is 6.61 Å². The second kappa shape index (κ2) is 5.94. The van der Waals surface area contributed by atoms with E-state index >= 15 is 0 Å². The zero-order chi connectivity index (χ0) is 14.8. The number of carbonyl (C=O) groups is 1. The molecule has 1 heterocycles. The van der Waals surface area contributed by atoms with E-state index < -0.39 is 5.41 Å². The standard InChI is InChI=1S/C15H25N3O2/c1-5-20-14(19)15(2,3)13-16-12(17-18(13)4)11-9-7-6-8-10-11/h11H,5-10H2,1-4H3. The first kappa shape index (κ1) is 15.0. The summed E-state index contributed by atoms with van der Waals surface area (Å²) >= 11 is 0. The SMILES string of the molecule is CCOC(=O)C(C)(C)c1nc(C2CCCCC2)nn1C. The van der Waals surface area contributed by atoms with Gasteiger partial charge in [0.15, 0.2) is 5.82 Å². The normalized spacial score (nSPS) is 17.2. The minimum absolute atomic E-state index is 0.245. The van der Waals surface area contributed by atoms with Gasteiger partial charge >= 0.3 is 5.97 Å². The quantitative estimate of drug-likeness (QED) is 0.795. The number of esters is 1. The molecular formula is C15H25N3O2. The molecule has 5 nitrogen and oxygen atoms in total. The van der Waals surface area contributed by atoms with Crippen molar-refractivity contribution >= 4 is 5.97 Å². The average molecular weight is 279 g/mol. The smallest absolute Gasteiger partial charge is 0.319 e. The third-order valence-electron chi connectivity index (χ3n) is 4.09. The van der Waals surface area contributed by atoms with Crippen LogP contribution < -0.4 is 0 Å². The lowest BCUT2D eigenvalue weighted by Gasteiger charge is -2.21. The highest BCUT2D eigenvalue weighted by molar-refractivity contribution is 5.81. The molecule has 1 aliphatic carbocycles. The van der Waals surface area contributed by atoms with Crippen LogP contribution in [0.5, 0.6) is 0 Å². The van der Waals surface area contributed by atoms with Crippen molar-refractivity contribution in [3.63, 3.8) is 0 Å². The van der Waals surface area contributed by atoms with Crippen LogP contribution in [0.25, 0.3) is 0 Å². The topological polar surface area (TPSA) is 57.0 Å². The number of carbonyl (C=O) groups excluding carboxylic acids is 1. The average Bonchev–Trinajstić information content (AvgIpc) is 2.83. The van der Waals surface area contributed by atoms with Crippen LogP contribution in [0.1, 0.15) is 70.4 Å². The van der Waals surface area contributed by atoms with Crippen LogP contribution in [0, 0.1) is 0 Å². The van der Waals surface area contributed by atoms with E-state index in [1.807, 2.05) is 27.8 Å². The number of ether oxygens (including phenoxy) is 1. The first-order valence-corrected chi connectivity index (χ1v) is 7.55. The van der Waals surface area contributed by atoms with E-state index in [4.69, 9.17) is 4.74 Å². The minimum Gasteiger partial charge on any atom is -0.465 e. The Bertz CT molecular complexity index is 473. The summed E-state index contributed by atoms with van der Waals surface area (Å²) in [6, 6.07) is 0. The number of hydrogen-bond donors (Lipinski definition) is 0. The molecule has 112 valence electrons. The molecule has 0 aliphatic heterocycles. The van der Waals surface area contributed by atoms with Crippen LogP contribution in [0.4, 0.5) is 0 Å². The Morgan fingerprint density at radius 2 is 2.00 bits per heavy atom. The maximum Gasteiger partial charge on any atom is 0.319 e. The maximum absolute atomic E-state index is 12.1. The Hall–Kier alpha value is -1.39. The van der Waals surface area contributed by atoms with Crippen molar-refractivity contribution in [3.05, 3.63) is 11.6 Å². The van der Waals surface area contributed by atoms with E-state index in [0.29, 0.717) is 18.3 Å². The van der Waals surface area contributed by atoms with E-state index in [1.165, 1.54) is 19.3 Å². The number of hydrogen-bond acceptors (Lipinski definition) is 4. The van der Waals surface area contributed by atoms with E-state index in [9.17, 15) is 4.79 Å². The molecule has 1 aliphatic rings. The predicted molar refractivity (Wildman–Crippen MR) is 76.5 cm³/mol. The maximum atomic E-state index is 12.1. The molecule has 1 fully saturated rings. The van der Waals surface area contributed by atoms with E-state index in [0.717, 1.165) is 18.7 Å². The highest BCUT2D eigenvalue weighted by Crippen LogP contribution is 2.32. The first-order valence-electron chi connectivity index (χ1n) is 7.55. The number of nitrogens with zero attached hydrogens (tertiary/aromatic N) is 3. The van der Waals surface area contributed by atoms with Crippen molar-refractivity contribution in [1.29, 1.82) is 0 Å². The fourth-order valence-electron chi connectivity index (χ4n) is 2.89. The van der Waals surface area contributed by atoms with Gasteiger partial charge in [-0.3, -0.25) is 9.48 Å². The van der Waals surface area contributed by atoms with Gasteiger partial charge in [0.25, 0.3) is 0 Å². The van der Waals surface area contributed by atoms with Crippen molar-refractivity contribution < 1.29 is 9.53 Å². The Kier molecular flexibility index (Phi) is 4.45. The molecule has 5 heteroatoms. The Balaban J connectivity index is 2.24. The second-order valence-electron chi connectivity index (χ2n) is 6.10. The third kappa shape index (κ3) is 2.86. The summed E-state index contributed by atoms with van der Waals surface area (Å²) in [7, 11) is 1.86. The summed E-state index contributed by atoms with van der Waals surface area (Å²) < 4.78 is 6.89. The monoisotopic (exact) mass is 279 g/mol. The van der Waals surface area contributed by atoms with Gasteiger partial charge in [0.1, 0.15) is 11.2 Å². The highest BCUT2D eigenvalue weighted by Gasteiger charge is 2.37. The fraction of sp³-hybridized carbons (Fsp3) is 0.800. The molecule has 0 N–H and O–H groups in total. The largest absolute Gasteiger partial charge is 0.465 e. The molecule has 0 bridgehead atoms. The van der Waals surface area contributed by atoms with E-state index in [1.54, 1.807) is 4.68 Å². The molecule has 0 aromatic carbocycles. The van der Waals surface area contributed by atoms with Crippen LogP contribution >= 0.6 is 0 Å². The third-order valence-corrected chi connectivity index (χ3v) is 4.09. The molecule has 20 heavy (non-hydrogen) atoms. The lowest BCUT2D eigenvalue weighted by Crippen LogP contribution is -2.34. The van der Waals surface area contributed by atoms with Gasteiger partial charge in [-0.1, -0.05) is 19.3 Å². The molecule has 0 radical (unpaired) electrons. The zero-order valence-corrected chi connectivity index (χ0v) is 13.0. The summed E-state index contributed by atoms with van der Waals surface area (Å²) in [6.45, 7) is 5.90. The Morgan fingerprint density at radius 1 is 1.35 bits per heavy atom. The van der Waals surface area contributed by atoms with Gasteiger partial charge in [-0.05, 0) is 33.6 Å². The van der Waals surface area contributed by atoms with Gasteiger partial charge in [0, 0.05) is 13.0 Å². The lowest BCUT2D eigenvalue weighted by molar-refractivity contribution is -0.149. The Morgan fingerprint density at radius 3 is 2.60 bits per heavy atom. The zero-order valence-electron chi connectivity index (χ0n) is 13.0. The van der Waals surface area contributed by atoms with Crippen molar-refractivity contribution in [2.45, 2.75) is 64.2 Å². The molecule has 1 saturated carbocycles.